The van der Waals surface area contributed by atoms with E-state index in [9.17, 15) is 5.11 Å². The van der Waals surface area contributed by atoms with Gasteiger partial charge in [0.15, 0.2) is 0 Å². The number of rotatable bonds is 4. The van der Waals surface area contributed by atoms with E-state index in [2.05, 4.69) is 37.8 Å². The van der Waals surface area contributed by atoms with Gasteiger partial charge in [0.1, 0.15) is 0 Å². The summed E-state index contributed by atoms with van der Waals surface area (Å²) in [5, 5.41) is 11.0. The lowest BCUT2D eigenvalue weighted by atomic mass is 9.96. The van der Waals surface area contributed by atoms with Crippen LogP contribution in [0.2, 0.25) is 0 Å². The highest BCUT2D eigenvalue weighted by Gasteiger charge is 2.43. The quantitative estimate of drug-likeness (QED) is 0.822. The molecular weight excluding hydrogens is 308 g/mol. The second-order valence-electron chi connectivity index (χ2n) is 8.18. The molecule has 1 aliphatic rings. The number of aliphatic hydroxyl groups excluding tert-OH is 1. The Kier molecular flexibility index (Phi) is 5.16. The van der Waals surface area contributed by atoms with Gasteiger partial charge in [-0.1, -0.05) is 42.5 Å². The molecule has 1 aliphatic heterocycles. The predicted molar refractivity (Wildman–Crippen MR) is 104 cm³/mol. The summed E-state index contributed by atoms with van der Waals surface area (Å²) < 4.78 is 0. The van der Waals surface area contributed by atoms with E-state index in [4.69, 9.17) is 5.73 Å². The average molecular weight is 338 g/mol. The molecule has 2 aromatic carbocycles. The molecule has 1 saturated heterocycles. The molecule has 3 atom stereocenters. The van der Waals surface area contributed by atoms with Crippen LogP contribution in [0.5, 0.6) is 0 Å². The number of anilines is 1. The van der Waals surface area contributed by atoms with Crippen LogP contribution in [0.4, 0.5) is 5.69 Å². The molecule has 1 fully saturated rings. The fraction of sp³-hybridized carbons (Fsp3) is 0.455. The molecule has 2 aromatic rings. The Labute approximate surface area is 151 Å². The van der Waals surface area contributed by atoms with E-state index in [1.807, 2.05) is 42.5 Å². The third-order valence-corrected chi connectivity index (χ3v) is 5.28. The SMILES string of the molecule is CC(C)(C)N1[C@@H](Cc2ccc(N)cc2)CC[C@@H]1[C@H](O)c1ccccc1. The Bertz CT molecular complexity index is 675. The number of aliphatic hydroxyl groups is 1. The second-order valence-corrected chi connectivity index (χ2v) is 8.18. The predicted octanol–water partition coefficient (Wildman–Crippen LogP) is 4.18. The van der Waals surface area contributed by atoms with Crippen molar-refractivity contribution in [2.24, 2.45) is 0 Å². The van der Waals surface area contributed by atoms with Crippen LogP contribution in [0, 0.1) is 0 Å². The summed E-state index contributed by atoms with van der Waals surface area (Å²) in [6, 6.07) is 18.8. The van der Waals surface area contributed by atoms with Crippen LogP contribution in [0.25, 0.3) is 0 Å². The highest BCUT2D eigenvalue weighted by molar-refractivity contribution is 5.39. The van der Waals surface area contributed by atoms with Crippen molar-refractivity contribution in [2.45, 2.75) is 63.8 Å². The summed E-state index contributed by atoms with van der Waals surface area (Å²) in [5.41, 5.74) is 8.95. The molecule has 0 aromatic heterocycles. The van der Waals surface area contributed by atoms with Crippen LogP contribution in [-0.2, 0) is 6.42 Å². The zero-order chi connectivity index (χ0) is 18.0. The highest BCUT2D eigenvalue weighted by atomic mass is 16.3. The molecule has 0 bridgehead atoms. The van der Waals surface area contributed by atoms with Crippen molar-refractivity contribution in [3.63, 3.8) is 0 Å². The van der Waals surface area contributed by atoms with Gasteiger partial charge in [-0.15, -0.1) is 0 Å². The first-order valence-electron chi connectivity index (χ1n) is 9.22. The fourth-order valence-electron chi connectivity index (χ4n) is 4.27. The van der Waals surface area contributed by atoms with E-state index in [0.29, 0.717) is 6.04 Å². The standard InChI is InChI=1S/C22H30N2O/c1-22(2,3)24-19(15-16-9-11-18(23)12-10-16)13-14-20(24)21(25)17-7-5-4-6-8-17/h4-12,19-21,25H,13-15,23H2,1-3H3/t19-,20-,21-/m1/s1. The molecule has 0 radical (unpaired) electrons. The van der Waals surface area contributed by atoms with Crippen LogP contribution in [0.1, 0.15) is 50.8 Å². The minimum atomic E-state index is -0.447. The number of hydrogen-bond acceptors (Lipinski definition) is 3. The molecule has 0 amide bonds. The smallest absolute Gasteiger partial charge is 0.0945 e. The van der Waals surface area contributed by atoms with Gasteiger partial charge in [-0.2, -0.15) is 0 Å². The Hall–Kier alpha value is -1.84. The third-order valence-electron chi connectivity index (χ3n) is 5.28. The first-order chi connectivity index (χ1) is 11.9. The van der Waals surface area contributed by atoms with Crippen LogP contribution in [-0.4, -0.2) is 27.6 Å². The van der Waals surface area contributed by atoms with Crippen LogP contribution >= 0.6 is 0 Å². The molecule has 1 heterocycles. The van der Waals surface area contributed by atoms with Crippen LogP contribution in [0.3, 0.4) is 0 Å². The van der Waals surface area contributed by atoms with Gasteiger partial charge in [-0.05, 0) is 63.3 Å². The van der Waals surface area contributed by atoms with E-state index in [0.717, 1.165) is 30.5 Å². The van der Waals surface area contributed by atoms with Gasteiger partial charge >= 0.3 is 0 Å². The number of nitrogens with zero attached hydrogens (tertiary/aromatic N) is 1. The molecule has 3 N–H and O–H groups in total. The molecule has 0 saturated carbocycles. The maximum absolute atomic E-state index is 11.0. The summed E-state index contributed by atoms with van der Waals surface area (Å²) in [4.78, 5) is 2.53. The summed E-state index contributed by atoms with van der Waals surface area (Å²) in [6.07, 6.45) is 2.68. The second kappa shape index (κ2) is 7.19. The molecule has 3 nitrogen and oxygen atoms in total. The van der Waals surface area contributed by atoms with Gasteiger partial charge in [0.25, 0.3) is 0 Å². The molecule has 0 spiro atoms. The van der Waals surface area contributed by atoms with E-state index in [1.165, 1.54) is 5.56 Å². The van der Waals surface area contributed by atoms with Crippen LogP contribution < -0.4 is 5.73 Å². The largest absolute Gasteiger partial charge is 0.399 e. The fourth-order valence-corrected chi connectivity index (χ4v) is 4.27. The maximum Gasteiger partial charge on any atom is 0.0945 e. The minimum absolute atomic E-state index is 0.00933. The summed E-state index contributed by atoms with van der Waals surface area (Å²) >= 11 is 0. The molecular formula is C22H30N2O. The van der Waals surface area contributed by atoms with Crippen molar-refractivity contribution in [3.05, 3.63) is 65.7 Å². The van der Waals surface area contributed by atoms with Gasteiger partial charge in [0.2, 0.25) is 0 Å². The first-order valence-corrected chi connectivity index (χ1v) is 9.22. The third kappa shape index (κ3) is 4.05. The van der Waals surface area contributed by atoms with Gasteiger partial charge in [-0.25, -0.2) is 0 Å². The Morgan fingerprint density at radius 3 is 2.28 bits per heavy atom. The van der Waals surface area contributed by atoms with E-state index < -0.39 is 6.10 Å². The highest BCUT2D eigenvalue weighted by Crippen LogP contribution is 2.39. The number of nitrogen functional groups attached to an aromatic ring is 1. The van der Waals surface area contributed by atoms with Gasteiger partial charge in [-0.3, -0.25) is 4.90 Å². The lowest BCUT2D eigenvalue weighted by molar-refractivity contribution is 0.00195. The monoisotopic (exact) mass is 338 g/mol. The summed E-state index contributed by atoms with van der Waals surface area (Å²) in [5.74, 6) is 0. The lowest BCUT2D eigenvalue weighted by Gasteiger charge is -2.43. The van der Waals surface area contributed by atoms with Crippen molar-refractivity contribution in [1.82, 2.24) is 4.90 Å². The van der Waals surface area contributed by atoms with Crippen molar-refractivity contribution < 1.29 is 5.11 Å². The Morgan fingerprint density at radius 2 is 1.68 bits per heavy atom. The topological polar surface area (TPSA) is 49.5 Å². The molecule has 134 valence electrons. The average Bonchev–Trinajstić information content (AvgIpc) is 3.01. The van der Waals surface area contributed by atoms with Crippen molar-refractivity contribution in [1.29, 1.82) is 0 Å². The van der Waals surface area contributed by atoms with Gasteiger partial charge < -0.3 is 10.8 Å². The molecule has 25 heavy (non-hydrogen) atoms. The lowest BCUT2D eigenvalue weighted by Crippen LogP contribution is -2.51. The van der Waals surface area contributed by atoms with Crippen molar-refractivity contribution in [3.8, 4) is 0 Å². The number of nitrogens with two attached hydrogens (primary N) is 1. The van der Waals surface area contributed by atoms with E-state index >= 15 is 0 Å². The van der Waals surface area contributed by atoms with E-state index in [-0.39, 0.29) is 11.6 Å². The maximum atomic E-state index is 11.0. The molecule has 0 unspecified atom stereocenters. The van der Waals surface area contributed by atoms with Gasteiger partial charge in [0, 0.05) is 23.3 Å². The number of likely N-dealkylation sites (tertiary alicyclic amines) is 1. The van der Waals surface area contributed by atoms with Gasteiger partial charge in [0.05, 0.1) is 6.10 Å². The Morgan fingerprint density at radius 1 is 1.04 bits per heavy atom. The molecule has 3 rings (SSSR count). The number of hydrogen-bond donors (Lipinski definition) is 2. The normalized spacial score (nSPS) is 22.9. The first kappa shape index (κ1) is 18.0. The Balaban J connectivity index is 1.82. The molecule has 0 aliphatic carbocycles. The van der Waals surface area contributed by atoms with Crippen molar-refractivity contribution in [2.75, 3.05) is 5.73 Å². The zero-order valence-electron chi connectivity index (χ0n) is 15.5. The van der Waals surface area contributed by atoms with Crippen molar-refractivity contribution >= 4 is 5.69 Å². The zero-order valence-corrected chi connectivity index (χ0v) is 15.5. The number of benzene rings is 2. The van der Waals surface area contributed by atoms with Crippen LogP contribution in [0.15, 0.2) is 54.6 Å². The molecule has 3 heteroatoms. The minimum Gasteiger partial charge on any atom is -0.399 e. The summed E-state index contributed by atoms with van der Waals surface area (Å²) in [7, 11) is 0. The summed E-state index contributed by atoms with van der Waals surface area (Å²) in [6.45, 7) is 6.75. The van der Waals surface area contributed by atoms with E-state index in [1.54, 1.807) is 0 Å².